The van der Waals surface area contributed by atoms with Crippen LogP contribution < -0.4 is 4.57 Å². The van der Waals surface area contributed by atoms with E-state index in [2.05, 4.69) is 29.8 Å². The number of unbranched alkanes of at least 4 members (excludes halogenated alkanes) is 5. The topological polar surface area (TPSA) is 24.1 Å². The molecule has 0 bridgehead atoms. The molecule has 1 aromatic rings. The minimum atomic E-state index is 0.213. The van der Waals surface area contributed by atoms with Crippen LogP contribution in [0.1, 0.15) is 51.0 Å². The molecule has 1 rings (SSSR count). The first-order valence-corrected chi connectivity index (χ1v) is 6.95. The highest BCUT2D eigenvalue weighted by Gasteiger charge is 2.01. The Labute approximate surface area is 105 Å². The van der Waals surface area contributed by atoms with Gasteiger partial charge in [0.25, 0.3) is 0 Å². The Bertz CT molecular complexity index is 299. The first-order valence-electron chi connectivity index (χ1n) is 6.95. The maximum Gasteiger partial charge on any atom is 0.172 e. The number of aromatic nitrogens is 1. The molecule has 0 amide bonds. The van der Waals surface area contributed by atoms with Crippen molar-refractivity contribution in [2.45, 2.75) is 58.4 Å². The molecule has 0 fully saturated rings. The van der Waals surface area contributed by atoms with Crippen molar-refractivity contribution in [3.8, 4) is 0 Å². The van der Waals surface area contributed by atoms with Crippen molar-refractivity contribution < 1.29 is 9.67 Å². The van der Waals surface area contributed by atoms with E-state index in [0.29, 0.717) is 6.54 Å². The van der Waals surface area contributed by atoms with Gasteiger partial charge < -0.3 is 5.11 Å². The lowest BCUT2D eigenvalue weighted by Crippen LogP contribution is -2.35. The Hall–Kier alpha value is -0.890. The second-order valence-electron chi connectivity index (χ2n) is 4.69. The van der Waals surface area contributed by atoms with Gasteiger partial charge in [0.15, 0.2) is 18.9 Å². The van der Waals surface area contributed by atoms with Crippen LogP contribution in [-0.4, -0.2) is 11.7 Å². The number of aryl methyl sites for hydroxylation is 1. The second-order valence-corrected chi connectivity index (χ2v) is 4.69. The number of pyridine rings is 1. The first-order chi connectivity index (χ1) is 8.36. The number of hydrogen-bond donors (Lipinski definition) is 1. The fourth-order valence-corrected chi connectivity index (χ4v) is 2.09. The largest absolute Gasteiger partial charge is 0.390 e. The van der Waals surface area contributed by atoms with E-state index >= 15 is 0 Å². The lowest BCUT2D eigenvalue weighted by molar-refractivity contribution is -0.698. The third-order valence-electron chi connectivity index (χ3n) is 3.10. The lowest BCUT2D eigenvalue weighted by Gasteiger charge is -2.01. The SMILES string of the molecule is CCCCCCCCc1ccc[n+](CCO)c1. The van der Waals surface area contributed by atoms with Crippen molar-refractivity contribution in [2.75, 3.05) is 6.61 Å². The van der Waals surface area contributed by atoms with Gasteiger partial charge in [-0.25, -0.2) is 4.57 Å². The van der Waals surface area contributed by atoms with E-state index in [9.17, 15) is 0 Å². The van der Waals surface area contributed by atoms with E-state index < -0.39 is 0 Å². The van der Waals surface area contributed by atoms with Crippen molar-refractivity contribution in [1.82, 2.24) is 0 Å². The number of hydrogen-bond acceptors (Lipinski definition) is 1. The van der Waals surface area contributed by atoms with Gasteiger partial charge >= 0.3 is 0 Å². The zero-order valence-electron chi connectivity index (χ0n) is 11.1. The van der Waals surface area contributed by atoms with Gasteiger partial charge in [-0.15, -0.1) is 0 Å². The van der Waals surface area contributed by atoms with E-state index in [1.807, 2.05) is 6.20 Å². The summed E-state index contributed by atoms with van der Waals surface area (Å²) >= 11 is 0. The molecule has 0 aliphatic carbocycles. The number of aliphatic hydroxyl groups is 1. The smallest absolute Gasteiger partial charge is 0.172 e. The predicted octanol–water partition coefficient (Wildman–Crippen LogP) is 2.87. The van der Waals surface area contributed by atoms with Crippen molar-refractivity contribution in [3.05, 3.63) is 30.1 Å². The molecule has 2 heteroatoms. The minimum absolute atomic E-state index is 0.213. The van der Waals surface area contributed by atoms with Crippen molar-refractivity contribution in [2.24, 2.45) is 0 Å². The average molecular weight is 236 g/mol. The molecule has 1 aromatic heterocycles. The molecular formula is C15H26NO+. The number of nitrogens with zero attached hydrogens (tertiary/aromatic N) is 1. The molecule has 2 nitrogen and oxygen atoms in total. The summed E-state index contributed by atoms with van der Waals surface area (Å²) in [6.07, 6.45) is 13.4. The average Bonchev–Trinajstić information content (AvgIpc) is 2.35. The van der Waals surface area contributed by atoms with Crippen LogP contribution in [0.15, 0.2) is 24.5 Å². The maximum absolute atomic E-state index is 8.89. The summed E-state index contributed by atoms with van der Waals surface area (Å²) in [5.74, 6) is 0. The highest BCUT2D eigenvalue weighted by Crippen LogP contribution is 2.08. The van der Waals surface area contributed by atoms with Gasteiger partial charge in [0, 0.05) is 11.6 Å². The van der Waals surface area contributed by atoms with Crippen molar-refractivity contribution in [3.63, 3.8) is 0 Å². The summed E-state index contributed by atoms with van der Waals surface area (Å²) in [6, 6.07) is 4.25. The molecule has 0 aromatic carbocycles. The standard InChI is InChI=1S/C15H26NO/c1-2-3-4-5-6-7-9-15-10-8-11-16(14-15)12-13-17/h8,10-11,14,17H,2-7,9,12-13H2,1H3/q+1. The van der Waals surface area contributed by atoms with Crippen LogP contribution >= 0.6 is 0 Å². The molecule has 0 aliphatic rings. The molecule has 1 heterocycles. The molecule has 0 saturated heterocycles. The molecule has 1 N–H and O–H groups in total. The van der Waals surface area contributed by atoms with Crippen LogP contribution in [0.2, 0.25) is 0 Å². The molecule has 0 spiro atoms. The Morgan fingerprint density at radius 3 is 2.65 bits per heavy atom. The Morgan fingerprint density at radius 1 is 1.12 bits per heavy atom. The zero-order valence-corrected chi connectivity index (χ0v) is 11.1. The molecule has 0 radical (unpaired) electrons. The highest BCUT2D eigenvalue weighted by atomic mass is 16.3. The van der Waals surface area contributed by atoms with Crippen LogP contribution in [0.4, 0.5) is 0 Å². The Balaban J connectivity index is 2.19. The van der Waals surface area contributed by atoms with E-state index in [1.165, 1.54) is 50.5 Å². The summed E-state index contributed by atoms with van der Waals surface area (Å²) < 4.78 is 2.06. The van der Waals surface area contributed by atoms with E-state index in [0.717, 1.165) is 0 Å². The molecule has 0 unspecified atom stereocenters. The zero-order chi connectivity index (χ0) is 12.3. The van der Waals surface area contributed by atoms with Crippen LogP contribution in [0.25, 0.3) is 0 Å². The normalized spacial score (nSPS) is 10.7. The van der Waals surface area contributed by atoms with E-state index in [4.69, 9.17) is 5.11 Å². The van der Waals surface area contributed by atoms with Crippen LogP contribution in [0, 0.1) is 0 Å². The third kappa shape index (κ3) is 6.42. The summed E-state index contributed by atoms with van der Waals surface area (Å²) in [7, 11) is 0. The molecule has 0 aliphatic heterocycles. The van der Waals surface area contributed by atoms with E-state index in [-0.39, 0.29) is 6.61 Å². The summed E-state index contributed by atoms with van der Waals surface area (Å²) in [6.45, 7) is 3.17. The summed E-state index contributed by atoms with van der Waals surface area (Å²) in [5.41, 5.74) is 1.39. The van der Waals surface area contributed by atoms with Gasteiger partial charge in [0.05, 0.1) is 0 Å². The third-order valence-corrected chi connectivity index (χ3v) is 3.10. The number of aliphatic hydroxyl groups excluding tert-OH is 1. The van der Waals surface area contributed by atoms with Gasteiger partial charge in [-0.1, -0.05) is 39.0 Å². The summed E-state index contributed by atoms with van der Waals surface area (Å²) in [5, 5.41) is 8.89. The maximum atomic E-state index is 8.89. The monoisotopic (exact) mass is 236 g/mol. The van der Waals surface area contributed by atoms with E-state index in [1.54, 1.807) is 0 Å². The molecule has 96 valence electrons. The van der Waals surface area contributed by atoms with Gasteiger partial charge in [-0.2, -0.15) is 0 Å². The Morgan fingerprint density at radius 2 is 1.88 bits per heavy atom. The highest BCUT2D eigenvalue weighted by molar-refractivity contribution is 5.05. The van der Waals surface area contributed by atoms with Crippen LogP contribution in [0.3, 0.4) is 0 Å². The van der Waals surface area contributed by atoms with Gasteiger partial charge in [-0.3, -0.25) is 0 Å². The molecular weight excluding hydrogens is 210 g/mol. The summed E-state index contributed by atoms with van der Waals surface area (Å²) in [4.78, 5) is 0. The fourth-order valence-electron chi connectivity index (χ4n) is 2.09. The van der Waals surface area contributed by atoms with Gasteiger partial charge in [0.2, 0.25) is 0 Å². The fraction of sp³-hybridized carbons (Fsp3) is 0.667. The Kier molecular flexibility index (Phi) is 7.65. The van der Waals surface area contributed by atoms with Crippen molar-refractivity contribution >= 4 is 0 Å². The minimum Gasteiger partial charge on any atom is -0.390 e. The first kappa shape index (κ1) is 14.2. The molecule has 17 heavy (non-hydrogen) atoms. The lowest BCUT2D eigenvalue weighted by atomic mass is 10.1. The second kappa shape index (κ2) is 9.17. The van der Waals surface area contributed by atoms with Crippen molar-refractivity contribution in [1.29, 1.82) is 0 Å². The molecule has 0 atom stereocenters. The van der Waals surface area contributed by atoms with Gasteiger partial charge in [0.1, 0.15) is 6.61 Å². The van der Waals surface area contributed by atoms with Crippen LogP contribution in [0.5, 0.6) is 0 Å². The molecule has 0 saturated carbocycles. The van der Waals surface area contributed by atoms with Crippen LogP contribution in [-0.2, 0) is 13.0 Å². The quantitative estimate of drug-likeness (QED) is 0.517. The van der Waals surface area contributed by atoms with Gasteiger partial charge in [-0.05, 0) is 18.9 Å². The predicted molar refractivity (Wildman–Crippen MR) is 70.8 cm³/mol. The number of rotatable bonds is 9.